The van der Waals surface area contributed by atoms with Gasteiger partial charge in [-0.2, -0.15) is 5.10 Å². The number of halogens is 1. The molecule has 1 heterocycles. The highest BCUT2D eigenvalue weighted by Gasteiger charge is 2.10. The van der Waals surface area contributed by atoms with Crippen molar-refractivity contribution in [3.63, 3.8) is 0 Å². The maximum Gasteiger partial charge on any atom is 0.165 e. The molecule has 1 atom stereocenters. The lowest BCUT2D eigenvalue weighted by molar-refractivity contribution is 0.471. The van der Waals surface area contributed by atoms with Crippen molar-refractivity contribution in [3.8, 4) is 11.5 Å². The van der Waals surface area contributed by atoms with E-state index in [-0.39, 0.29) is 6.04 Å². The summed E-state index contributed by atoms with van der Waals surface area (Å²) in [6.45, 7) is 1.93. The van der Waals surface area contributed by atoms with Crippen LogP contribution >= 0.6 is 15.9 Å². The van der Waals surface area contributed by atoms with Crippen LogP contribution in [0.3, 0.4) is 0 Å². The van der Waals surface area contributed by atoms with Crippen LogP contribution in [0.4, 0.5) is 0 Å². The van der Waals surface area contributed by atoms with Crippen LogP contribution in [-0.2, 0) is 7.05 Å². The van der Waals surface area contributed by atoms with E-state index in [1.165, 1.54) is 0 Å². The van der Waals surface area contributed by atoms with Gasteiger partial charge in [-0.1, -0.05) is 22.0 Å². The first-order chi connectivity index (χ1) is 8.06. The second-order valence-electron chi connectivity index (χ2n) is 3.92. The van der Waals surface area contributed by atoms with Gasteiger partial charge in [-0.3, -0.25) is 4.68 Å². The van der Waals surface area contributed by atoms with Gasteiger partial charge in [0, 0.05) is 23.1 Å². The molecular weight excluding hydrogens is 282 g/mol. The van der Waals surface area contributed by atoms with Crippen LogP contribution in [0.1, 0.15) is 18.5 Å². The van der Waals surface area contributed by atoms with Crippen LogP contribution in [0.5, 0.6) is 11.5 Å². The lowest BCUT2D eigenvalue weighted by Gasteiger charge is -2.12. The topological polar surface area (TPSA) is 53.1 Å². The summed E-state index contributed by atoms with van der Waals surface area (Å²) in [5.41, 5.74) is 6.88. The van der Waals surface area contributed by atoms with Crippen molar-refractivity contribution in [2.45, 2.75) is 13.0 Å². The van der Waals surface area contributed by atoms with Crippen molar-refractivity contribution in [1.29, 1.82) is 0 Å². The Morgan fingerprint density at radius 2 is 2.24 bits per heavy atom. The molecule has 0 amide bonds. The number of hydrogen-bond donors (Lipinski definition) is 1. The van der Waals surface area contributed by atoms with E-state index in [9.17, 15) is 0 Å². The maximum atomic E-state index is 5.91. The van der Waals surface area contributed by atoms with Gasteiger partial charge < -0.3 is 10.5 Å². The first-order valence-electron chi connectivity index (χ1n) is 5.28. The van der Waals surface area contributed by atoms with Crippen molar-refractivity contribution < 1.29 is 4.74 Å². The number of aromatic nitrogens is 2. The third-order valence-electron chi connectivity index (χ3n) is 2.38. The third kappa shape index (κ3) is 2.87. The van der Waals surface area contributed by atoms with Gasteiger partial charge >= 0.3 is 0 Å². The molecule has 0 saturated heterocycles. The van der Waals surface area contributed by atoms with E-state index >= 15 is 0 Å². The Bertz CT molecular complexity index is 522. The fourth-order valence-corrected chi connectivity index (χ4v) is 1.89. The van der Waals surface area contributed by atoms with Gasteiger partial charge in [0.25, 0.3) is 0 Å². The monoisotopic (exact) mass is 295 g/mol. The predicted octanol–water partition coefficient (Wildman–Crippen LogP) is 2.99. The van der Waals surface area contributed by atoms with Crippen molar-refractivity contribution in [1.82, 2.24) is 9.78 Å². The van der Waals surface area contributed by atoms with Crippen LogP contribution in [0, 0.1) is 0 Å². The highest BCUT2D eigenvalue weighted by Crippen LogP contribution is 2.31. The van der Waals surface area contributed by atoms with Gasteiger partial charge in [0.15, 0.2) is 5.75 Å². The number of benzene rings is 1. The van der Waals surface area contributed by atoms with Crippen molar-refractivity contribution in [2.24, 2.45) is 12.8 Å². The molecule has 1 unspecified atom stereocenters. The SMILES string of the molecule is CC(N)c1ccc(Br)cc1Oc1cnn(C)c1. The zero-order chi connectivity index (χ0) is 12.4. The number of rotatable bonds is 3. The highest BCUT2D eigenvalue weighted by molar-refractivity contribution is 9.10. The van der Waals surface area contributed by atoms with E-state index in [1.807, 2.05) is 38.4 Å². The van der Waals surface area contributed by atoms with Crippen molar-refractivity contribution in [2.75, 3.05) is 0 Å². The maximum absolute atomic E-state index is 5.91. The first kappa shape index (κ1) is 12.1. The average molecular weight is 296 g/mol. The van der Waals surface area contributed by atoms with Crippen LogP contribution in [0.15, 0.2) is 35.1 Å². The number of nitrogens with two attached hydrogens (primary N) is 1. The van der Waals surface area contributed by atoms with Gasteiger partial charge in [-0.15, -0.1) is 0 Å². The highest BCUT2D eigenvalue weighted by atomic mass is 79.9. The Labute approximate surface area is 109 Å². The van der Waals surface area contributed by atoms with E-state index in [4.69, 9.17) is 10.5 Å². The summed E-state index contributed by atoms with van der Waals surface area (Å²) in [5, 5.41) is 4.06. The van der Waals surface area contributed by atoms with Gasteiger partial charge in [0.05, 0.1) is 12.4 Å². The fourth-order valence-electron chi connectivity index (χ4n) is 1.55. The summed E-state index contributed by atoms with van der Waals surface area (Å²) >= 11 is 3.42. The zero-order valence-electron chi connectivity index (χ0n) is 9.72. The van der Waals surface area contributed by atoms with Crippen molar-refractivity contribution >= 4 is 15.9 Å². The van der Waals surface area contributed by atoms with E-state index in [1.54, 1.807) is 10.9 Å². The van der Waals surface area contributed by atoms with Crippen molar-refractivity contribution in [3.05, 3.63) is 40.6 Å². The zero-order valence-corrected chi connectivity index (χ0v) is 11.3. The first-order valence-corrected chi connectivity index (χ1v) is 6.07. The van der Waals surface area contributed by atoms with Gasteiger partial charge in [-0.25, -0.2) is 0 Å². The smallest absolute Gasteiger partial charge is 0.165 e. The molecule has 0 aliphatic carbocycles. The molecule has 1 aromatic carbocycles. The summed E-state index contributed by atoms with van der Waals surface area (Å²) < 4.78 is 8.43. The van der Waals surface area contributed by atoms with E-state index in [0.29, 0.717) is 5.75 Å². The quantitative estimate of drug-likeness (QED) is 0.947. The molecule has 90 valence electrons. The second-order valence-corrected chi connectivity index (χ2v) is 4.84. The standard InChI is InChI=1S/C12H14BrN3O/c1-8(14)11-4-3-9(13)5-12(11)17-10-6-15-16(2)7-10/h3-8H,14H2,1-2H3. The lowest BCUT2D eigenvalue weighted by Crippen LogP contribution is -2.06. The molecule has 2 aromatic rings. The molecule has 0 aliphatic rings. The summed E-state index contributed by atoms with van der Waals surface area (Å²) in [6.07, 6.45) is 3.48. The third-order valence-corrected chi connectivity index (χ3v) is 2.87. The summed E-state index contributed by atoms with van der Waals surface area (Å²) in [6, 6.07) is 5.75. The molecule has 0 aliphatic heterocycles. The molecule has 0 bridgehead atoms. The van der Waals surface area contributed by atoms with E-state index < -0.39 is 0 Å². The summed E-state index contributed by atoms with van der Waals surface area (Å²) in [4.78, 5) is 0. The number of hydrogen-bond acceptors (Lipinski definition) is 3. The Hall–Kier alpha value is -1.33. The molecule has 0 spiro atoms. The summed E-state index contributed by atoms with van der Waals surface area (Å²) in [7, 11) is 1.85. The molecular formula is C12H14BrN3O. The second kappa shape index (κ2) is 4.89. The van der Waals surface area contributed by atoms with Gasteiger partial charge in [0.2, 0.25) is 0 Å². The van der Waals surface area contributed by atoms with E-state index in [2.05, 4.69) is 21.0 Å². The molecule has 0 fully saturated rings. The Kier molecular flexibility index (Phi) is 3.49. The molecule has 0 radical (unpaired) electrons. The van der Waals surface area contributed by atoms with Crippen LogP contribution in [0.25, 0.3) is 0 Å². The predicted molar refractivity (Wildman–Crippen MR) is 70.0 cm³/mol. The van der Waals surface area contributed by atoms with Gasteiger partial charge in [0.1, 0.15) is 5.75 Å². The minimum atomic E-state index is -0.0743. The van der Waals surface area contributed by atoms with Gasteiger partial charge in [-0.05, 0) is 19.1 Å². The molecule has 17 heavy (non-hydrogen) atoms. The average Bonchev–Trinajstić information content (AvgIpc) is 2.63. The number of aryl methyl sites for hydroxylation is 1. The lowest BCUT2D eigenvalue weighted by atomic mass is 10.1. The summed E-state index contributed by atoms with van der Waals surface area (Å²) in [5.74, 6) is 1.45. The molecule has 2 N–H and O–H groups in total. The molecule has 2 rings (SSSR count). The number of ether oxygens (including phenoxy) is 1. The Morgan fingerprint density at radius 1 is 1.47 bits per heavy atom. The van der Waals surface area contributed by atoms with Crippen LogP contribution < -0.4 is 10.5 Å². The molecule has 5 heteroatoms. The Morgan fingerprint density at radius 3 is 2.82 bits per heavy atom. The number of nitrogens with zero attached hydrogens (tertiary/aromatic N) is 2. The minimum absolute atomic E-state index is 0.0743. The Balaban J connectivity index is 2.33. The fraction of sp³-hybridized carbons (Fsp3) is 0.250. The largest absolute Gasteiger partial charge is 0.454 e. The molecule has 1 aromatic heterocycles. The molecule has 4 nitrogen and oxygen atoms in total. The normalized spacial score (nSPS) is 12.5. The van der Waals surface area contributed by atoms with E-state index in [0.717, 1.165) is 15.8 Å². The van der Waals surface area contributed by atoms with Crippen LogP contribution in [0.2, 0.25) is 0 Å². The molecule has 0 saturated carbocycles. The minimum Gasteiger partial charge on any atom is -0.454 e. The van der Waals surface area contributed by atoms with Crippen LogP contribution in [-0.4, -0.2) is 9.78 Å².